The highest BCUT2D eigenvalue weighted by Crippen LogP contribution is 2.33. The van der Waals surface area contributed by atoms with Gasteiger partial charge in [0.05, 0.1) is 6.21 Å². The summed E-state index contributed by atoms with van der Waals surface area (Å²) >= 11 is 6.22. The van der Waals surface area contributed by atoms with Gasteiger partial charge in [-0.2, -0.15) is 5.10 Å². The number of nitrogens with one attached hydrogen (secondary N) is 2. The monoisotopic (exact) mass is 527 g/mol. The second-order valence-corrected chi connectivity index (χ2v) is 8.76. The number of ether oxygens (including phenoxy) is 2. The summed E-state index contributed by atoms with van der Waals surface area (Å²) in [7, 11) is 0. The summed E-state index contributed by atoms with van der Waals surface area (Å²) < 4.78 is 16.5. The molecule has 0 aliphatic carbocycles. The Morgan fingerprint density at radius 2 is 1.76 bits per heavy atom. The van der Waals surface area contributed by atoms with Crippen LogP contribution in [0.2, 0.25) is 5.02 Å². The Hall–Kier alpha value is -4.82. The van der Waals surface area contributed by atoms with E-state index in [1.165, 1.54) is 12.3 Å². The minimum absolute atomic E-state index is 0.00991. The van der Waals surface area contributed by atoms with E-state index in [9.17, 15) is 9.59 Å². The lowest BCUT2D eigenvalue weighted by atomic mass is 10.1. The summed E-state index contributed by atoms with van der Waals surface area (Å²) in [5.74, 6) is 1.13. The van der Waals surface area contributed by atoms with Crippen LogP contribution in [0.1, 0.15) is 27.2 Å². The molecule has 9 heteroatoms. The van der Waals surface area contributed by atoms with Crippen LogP contribution in [0.5, 0.6) is 11.5 Å². The molecule has 3 aromatic carbocycles. The largest absolute Gasteiger partial charge is 0.455 e. The molecule has 190 valence electrons. The van der Waals surface area contributed by atoms with Crippen molar-refractivity contribution < 1.29 is 23.5 Å². The number of aryl methyl sites for hydroxylation is 1. The molecule has 2 amide bonds. The maximum absolute atomic E-state index is 13.0. The number of hydrogen-bond acceptors (Lipinski definition) is 6. The topological polar surface area (TPSA) is 102 Å². The van der Waals surface area contributed by atoms with Crippen molar-refractivity contribution in [3.8, 4) is 22.8 Å². The molecule has 4 aromatic rings. The van der Waals surface area contributed by atoms with E-state index in [0.29, 0.717) is 39.2 Å². The third-order valence-corrected chi connectivity index (χ3v) is 6.08. The number of halogens is 1. The van der Waals surface area contributed by atoms with Gasteiger partial charge in [0.2, 0.25) is 6.79 Å². The first-order valence-corrected chi connectivity index (χ1v) is 12.0. The molecule has 0 fully saturated rings. The van der Waals surface area contributed by atoms with E-state index in [1.807, 2.05) is 25.1 Å². The van der Waals surface area contributed by atoms with Crippen LogP contribution in [0.3, 0.4) is 0 Å². The molecule has 1 aromatic heterocycles. The number of furan rings is 1. The van der Waals surface area contributed by atoms with Gasteiger partial charge in [-0.3, -0.25) is 9.59 Å². The molecule has 2 N–H and O–H groups in total. The number of benzene rings is 3. The zero-order valence-electron chi connectivity index (χ0n) is 20.2. The Bertz CT molecular complexity index is 1560. The van der Waals surface area contributed by atoms with Crippen molar-refractivity contribution >= 4 is 35.7 Å². The minimum atomic E-state index is -0.625. The van der Waals surface area contributed by atoms with Crippen molar-refractivity contribution in [3.63, 3.8) is 0 Å². The highest BCUT2D eigenvalue weighted by atomic mass is 35.5. The number of hydrazone groups is 1. The third-order valence-electron chi connectivity index (χ3n) is 5.68. The van der Waals surface area contributed by atoms with Gasteiger partial charge in [0.25, 0.3) is 11.8 Å². The normalized spacial score (nSPS) is 12.5. The Morgan fingerprint density at radius 3 is 2.58 bits per heavy atom. The Morgan fingerprint density at radius 1 is 0.947 bits per heavy atom. The zero-order chi connectivity index (χ0) is 26.5. The van der Waals surface area contributed by atoms with Crippen molar-refractivity contribution in [2.45, 2.75) is 6.92 Å². The lowest BCUT2D eigenvalue weighted by Gasteiger charge is -2.09. The van der Waals surface area contributed by atoms with Crippen LogP contribution in [0.25, 0.3) is 17.4 Å². The fraction of sp³-hybridized carbons (Fsp3) is 0.0690. The molecule has 0 saturated carbocycles. The van der Waals surface area contributed by atoms with Gasteiger partial charge in [-0.1, -0.05) is 48.0 Å². The van der Waals surface area contributed by atoms with E-state index < -0.39 is 11.8 Å². The lowest BCUT2D eigenvalue weighted by molar-refractivity contribution is -0.117. The highest BCUT2D eigenvalue weighted by molar-refractivity contribution is 6.31. The lowest BCUT2D eigenvalue weighted by Crippen LogP contribution is -2.32. The predicted molar refractivity (Wildman–Crippen MR) is 144 cm³/mol. The molecule has 0 spiro atoms. The van der Waals surface area contributed by atoms with Crippen LogP contribution in [-0.2, 0) is 4.79 Å². The standard InChI is InChI=1S/C29H22ClN3O5/c1-18-7-9-21(15-23(18)30)25-12-10-22(38-25)16-31-33-29(35)24(32-28(34)20-5-3-2-4-6-20)13-19-8-11-26-27(14-19)37-17-36-26/h2-16H,17H2,1H3,(H,32,34)(H,33,35)/b24-13+,31-16+. The van der Waals surface area contributed by atoms with E-state index in [0.717, 1.165) is 11.1 Å². The van der Waals surface area contributed by atoms with Gasteiger partial charge in [-0.15, -0.1) is 0 Å². The van der Waals surface area contributed by atoms with E-state index in [2.05, 4.69) is 15.8 Å². The molecule has 5 rings (SSSR count). The van der Waals surface area contributed by atoms with Crippen LogP contribution < -0.4 is 20.2 Å². The maximum atomic E-state index is 13.0. The second-order valence-electron chi connectivity index (χ2n) is 8.36. The number of carbonyl (C=O) groups excluding carboxylic acids is 2. The smallest absolute Gasteiger partial charge is 0.287 e. The first-order valence-electron chi connectivity index (χ1n) is 11.6. The number of amides is 2. The average molecular weight is 528 g/mol. The van der Waals surface area contributed by atoms with E-state index >= 15 is 0 Å². The molecule has 1 aliphatic heterocycles. The van der Waals surface area contributed by atoms with Gasteiger partial charge in [-0.05, 0) is 66.6 Å². The van der Waals surface area contributed by atoms with Crippen LogP contribution in [0, 0.1) is 6.92 Å². The van der Waals surface area contributed by atoms with E-state index in [-0.39, 0.29) is 12.5 Å². The summed E-state index contributed by atoms with van der Waals surface area (Å²) in [6, 6.07) is 22.9. The fourth-order valence-corrected chi connectivity index (χ4v) is 3.83. The molecule has 38 heavy (non-hydrogen) atoms. The van der Waals surface area contributed by atoms with Crippen LogP contribution in [0.4, 0.5) is 0 Å². The molecule has 1 aliphatic rings. The van der Waals surface area contributed by atoms with E-state index in [4.69, 9.17) is 25.5 Å². The number of fused-ring (bicyclic) bond motifs is 1. The first-order chi connectivity index (χ1) is 18.5. The number of rotatable bonds is 7. The first kappa shape index (κ1) is 24.9. The van der Waals surface area contributed by atoms with Crippen LogP contribution >= 0.6 is 11.6 Å². The molecule has 8 nitrogen and oxygen atoms in total. The number of hydrogen-bond donors (Lipinski definition) is 2. The van der Waals surface area contributed by atoms with Gasteiger partial charge >= 0.3 is 0 Å². The highest BCUT2D eigenvalue weighted by Gasteiger charge is 2.17. The Kier molecular flexibility index (Phi) is 7.24. The Balaban J connectivity index is 1.33. The molecule has 0 atom stereocenters. The zero-order valence-corrected chi connectivity index (χ0v) is 21.0. The number of nitrogens with zero attached hydrogens (tertiary/aromatic N) is 1. The average Bonchev–Trinajstić information content (AvgIpc) is 3.60. The van der Waals surface area contributed by atoms with E-state index in [1.54, 1.807) is 60.7 Å². The quantitative estimate of drug-likeness (QED) is 0.186. The minimum Gasteiger partial charge on any atom is -0.455 e. The molecule has 0 saturated heterocycles. The molecular weight excluding hydrogens is 506 g/mol. The SMILES string of the molecule is Cc1ccc(-c2ccc(/C=N/NC(=O)/C(=C\c3ccc4c(c3)OCO4)NC(=O)c3ccccc3)o2)cc1Cl. The van der Waals surface area contributed by atoms with Gasteiger partial charge in [-0.25, -0.2) is 5.43 Å². The summed E-state index contributed by atoms with van der Waals surface area (Å²) in [4.78, 5) is 25.8. The molecular formula is C29H22ClN3O5. The van der Waals surface area contributed by atoms with Gasteiger partial charge in [0.15, 0.2) is 11.5 Å². The van der Waals surface area contributed by atoms with Crippen LogP contribution in [0.15, 0.2) is 94.1 Å². The second kappa shape index (κ2) is 11.1. The number of carbonyl (C=O) groups is 2. The molecule has 0 bridgehead atoms. The van der Waals surface area contributed by atoms with Gasteiger partial charge in [0.1, 0.15) is 17.2 Å². The van der Waals surface area contributed by atoms with Crippen molar-refractivity contribution in [2.75, 3.05) is 6.79 Å². The van der Waals surface area contributed by atoms with Crippen molar-refractivity contribution in [1.29, 1.82) is 0 Å². The van der Waals surface area contributed by atoms with Crippen LogP contribution in [-0.4, -0.2) is 24.8 Å². The maximum Gasteiger partial charge on any atom is 0.287 e. The summed E-state index contributed by atoms with van der Waals surface area (Å²) in [6.45, 7) is 2.05. The Labute approximate surface area is 223 Å². The molecule has 0 unspecified atom stereocenters. The summed E-state index contributed by atoms with van der Waals surface area (Å²) in [5.41, 5.74) is 5.25. The van der Waals surface area contributed by atoms with Gasteiger partial charge < -0.3 is 19.2 Å². The molecule has 2 heterocycles. The van der Waals surface area contributed by atoms with Crippen molar-refractivity contribution in [2.24, 2.45) is 5.10 Å². The van der Waals surface area contributed by atoms with Crippen molar-refractivity contribution in [3.05, 3.63) is 112 Å². The summed E-state index contributed by atoms with van der Waals surface area (Å²) in [6.07, 6.45) is 2.90. The molecule has 0 radical (unpaired) electrons. The van der Waals surface area contributed by atoms with Crippen molar-refractivity contribution in [1.82, 2.24) is 10.7 Å². The fourth-order valence-electron chi connectivity index (χ4n) is 3.65. The van der Waals surface area contributed by atoms with Gasteiger partial charge in [0, 0.05) is 16.1 Å². The third kappa shape index (κ3) is 5.77. The summed E-state index contributed by atoms with van der Waals surface area (Å²) in [5, 5.41) is 7.30. The predicted octanol–water partition coefficient (Wildman–Crippen LogP) is 5.56.